The monoisotopic (exact) mass is 332 g/mol. The van der Waals surface area contributed by atoms with E-state index in [0.29, 0.717) is 0 Å². The first-order valence-electron chi connectivity index (χ1n) is 7.80. The Hall–Kier alpha value is -2.66. The average Bonchev–Trinajstić information content (AvgIpc) is 3.12. The molecule has 0 N–H and O–H groups in total. The van der Waals surface area contributed by atoms with Crippen LogP contribution < -0.4 is 0 Å². The van der Waals surface area contributed by atoms with Crippen molar-refractivity contribution < 1.29 is 0 Å². The number of hydrogen-bond donors (Lipinski definition) is 0. The van der Waals surface area contributed by atoms with Gasteiger partial charge in [0.05, 0.1) is 10.9 Å². The molecule has 1 unspecified atom stereocenters. The van der Waals surface area contributed by atoms with Crippen LogP contribution in [0.5, 0.6) is 0 Å². The van der Waals surface area contributed by atoms with Gasteiger partial charge in [0.2, 0.25) is 0 Å². The van der Waals surface area contributed by atoms with Gasteiger partial charge in [-0.3, -0.25) is 0 Å². The molecule has 0 aliphatic heterocycles. The molecule has 1 atom stereocenters. The zero-order valence-electron chi connectivity index (χ0n) is 13.2. The number of thioether (sulfide) groups is 1. The standard InChI is InChI=1S/C19H16N4S/c1-14(19-20-21-22-23(19)17-9-3-2-4-10-17)24-18-12-11-15-7-5-6-8-16(15)13-18/h2-14H,1H3. The molecular weight excluding hydrogens is 316 g/mol. The van der Waals surface area contributed by atoms with Crippen LogP contribution in [-0.4, -0.2) is 20.2 Å². The van der Waals surface area contributed by atoms with E-state index >= 15 is 0 Å². The van der Waals surface area contributed by atoms with E-state index in [2.05, 4.69) is 64.9 Å². The minimum absolute atomic E-state index is 0.140. The summed E-state index contributed by atoms with van der Waals surface area (Å²) in [6.45, 7) is 2.13. The van der Waals surface area contributed by atoms with Gasteiger partial charge in [-0.25, -0.2) is 0 Å². The zero-order valence-corrected chi connectivity index (χ0v) is 14.0. The highest BCUT2D eigenvalue weighted by molar-refractivity contribution is 7.99. The van der Waals surface area contributed by atoms with E-state index in [-0.39, 0.29) is 5.25 Å². The number of fused-ring (bicyclic) bond motifs is 1. The molecule has 4 nitrogen and oxygen atoms in total. The molecule has 0 spiro atoms. The molecule has 0 saturated heterocycles. The number of tetrazole rings is 1. The maximum atomic E-state index is 4.23. The molecule has 24 heavy (non-hydrogen) atoms. The minimum atomic E-state index is 0.140. The Labute approximate surface area is 144 Å². The van der Waals surface area contributed by atoms with Gasteiger partial charge in [0.25, 0.3) is 0 Å². The van der Waals surface area contributed by atoms with E-state index in [0.717, 1.165) is 11.5 Å². The first kappa shape index (κ1) is 14.9. The molecule has 1 heterocycles. The Bertz CT molecular complexity index is 965. The first-order valence-corrected chi connectivity index (χ1v) is 8.68. The second kappa shape index (κ2) is 6.45. The van der Waals surface area contributed by atoms with E-state index in [1.54, 1.807) is 16.4 Å². The van der Waals surface area contributed by atoms with E-state index in [1.165, 1.54) is 15.7 Å². The van der Waals surface area contributed by atoms with Gasteiger partial charge in [-0.15, -0.1) is 16.9 Å². The second-order valence-corrected chi connectivity index (χ2v) is 6.97. The largest absolute Gasteiger partial charge is 0.196 e. The molecule has 0 saturated carbocycles. The van der Waals surface area contributed by atoms with Gasteiger partial charge in [-0.2, -0.15) is 4.68 Å². The first-order chi connectivity index (χ1) is 11.8. The molecule has 3 aromatic carbocycles. The molecule has 0 radical (unpaired) electrons. The second-order valence-electron chi connectivity index (χ2n) is 5.55. The summed E-state index contributed by atoms with van der Waals surface area (Å²) >= 11 is 1.76. The Morgan fingerprint density at radius 1 is 0.875 bits per heavy atom. The van der Waals surface area contributed by atoms with Gasteiger partial charge < -0.3 is 0 Å². The summed E-state index contributed by atoms with van der Waals surface area (Å²) in [5, 5.41) is 14.9. The fraction of sp³-hybridized carbons (Fsp3) is 0.105. The van der Waals surface area contributed by atoms with Crippen molar-refractivity contribution in [2.45, 2.75) is 17.1 Å². The van der Waals surface area contributed by atoms with Crippen LogP contribution in [0, 0.1) is 0 Å². The van der Waals surface area contributed by atoms with Crippen LogP contribution in [-0.2, 0) is 0 Å². The van der Waals surface area contributed by atoms with Crippen molar-refractivity contribution in [3.05, 3.63) is 78.6 Å². The molecule has 0 aliphatic carbocycles. The van der Waals surface area contributed by atoms with E-state index < -0.39 is 0 Å². The third-order valence-corrected chi connectivity index (χ3v) is 4.98. The molecule has 4 aromatic rings. The van der Waals surface area contributed by atoms with Crippen LogP contribution in [0.15, 0.2) is 77.7 Å². The lowest BCUT2D eigenvalue weighted by Crippen LogP contribution is -2.04. The molecule has 118 valence electrons. The van der Waals surface area contributed by atoms with Crippen molar-refractivity contribution in [1.82, 2.24) is 20.2 Å². The third-order valence-electron chi connectivity index (χ3n) is 3.89. The smallest absolute Gasteiger partial charge is 0.169 e. The van der Waals surface area contributed by atoms with Crippen molar-refractivity contribution in [2.24, 2.45) is 0 Å². The summed E-state index contributed by atoms with van der Waals surface area (Å²) in [5.41, 5.74) is 0.975. The summed E-state index contributed by atoms with van der Waals surface area (Å²) in [7, 11) is 0. The van der Waals surface area contributed by atoms with Crippen LogP contribution in [0.25, 0.3) is 16.5 Å². The molecule has 0 fully saturated rings. The Kier molecular flexibility index (Phi) is 4.01. The molecule has 4 rings (SSSR count). The van der Waals surface area contributed by atoms with Crippen LogP contribution in [0.2, 0.25) is 0 Å². The molecule has 1 aromatic heterocycles. The SMILES string of the molecule is CC(Sc1ccc2ccccc2c1)c1nnnn1-c1ccccc1. The zero-order chi connectivity index (χ0) is 16.4. The Morgan fingerprint density at radius 3 is 2.46 bits per heavy atom. The molecule has 5 heteroatoms. The highest BCUT2D eigenvalue weighted by Gasteiger charge is 2.17. The number of aromatic nitrogens is 4. The maximum absolute atomic E-state index is 4.23. The van der Waals surface area contributed by atoms with E-state index in [9.17, 15) is 0 Å². The average molecular weight is 332 g/mol. The third kappa shape index (κ3) is 2.90. The lowest BCUT2D eigenvalue weighted by molar-refractivity contribution is 0.763. The summed E-state index contributed by atoms with van der Waals surface area (Å²) in [6, 6.07) is 24.9. The van der Waals surface area contributed by atoms with E-state index in [4.69, 9.17) is 0 Å². The van der Waals surface area contributed by atoms with Crippen molar-refractivity contribution in [2.75, 3.05) is 0 Å². The van der Waals surface area contributed by atoms with Crippen molar-refractivity contribution in [1.29, 1.82) is 0 Å². The highest BCUT2D eigenvalue weighted by Crippen LogP contribution is 2.35. The number of benzene rings is 3. The van der Waals surface area contributed by atoms with Crippen LogP contribution in [0.3, 0.4) is 0 Å². The van der Waals surface area contributed by atoms with Crippen molar-refractivity contribution in [3.63, 3.8) is 0 Å². The van der Waals surface area contributed by atoms with Gasteiger partial charge >= 0.3 is 0 Å². The Balaban J connectivity index is 1.62. The normalized spacial score (nSPS) is 12.4. The summed E-state index contributed by atoms with van der Waals surface area (Å²) in [6.07, 6.45) is 0. The fourth-order valence-corrected chi connectivity index (χ4v) is 3.70. The molecular formula is C19H16N4S. The van der Waals surface area contributed by atoms with Gasteiger partial charge in [0, 0.05) is 4.90 Å². The molecule has 0 amide bonds. The summed E-state index contributed by atoms with van der Waals surface area (Å²) < 4.78 is 1.80. The predicted molar refractivity (Wildman–Crippen MR) is 97.4 cm³/mol. The number of hydrogen-bond acceptors (Lipinski definition) is 4. The lowest BCUT2D eigenvalue weighted by atomic mass is 10.1. The van der Waals surface area contributed by atoms with Crippen molar-refractivity contribution >= 4 is 22.5 Å². The molecule has 0 aliphatic rings. The van der Waals surface area contributed by atoms with Gasteiger partial charge in [0.1, 0.15) is 0 Å². The topological polar surface area (TPSA) is 43.6 Å². The summed E-state index contributed by atoms with van der Waals surface area (Å²) in [4.78, 5) is 1.21. The quantitative estimate of drug-likeness (QED) is 0.509. The lowest BCUT2D eigenvalue weighted by Gasteiger charge is -2.12. The fourth-order valence-electron chi connectivity index (χ4n) is 2.70. The van der Waals surface area contributed by atoms with Gasteiger partial charge in [-0.05, 0) is 52.4 Å². The summed E-state index contributed by atoms with van der Waals surface area (Å²) in [5.74, 6) is 0.847. The maximum Gasteiger partial charge on any atom is 0.169 e. The van der Waals surface area contributed by atoms with Gasteiger partial charge in [-0.1, -0.05) is 48.5 Å². The van der Waals surface area contributed by atoms with Crippen LogP contribution >= 0.6 is 11.8 Å². The van der Waals surface area contributed by atoms with Crippen molar-refractivity contribution in [3.8, 4) is 5.69 Å². The van der Waals surface area contributed by atoms with E-state index in [1.807, 2.05) is 30.3 Å². The van der Waals surface area contributed by atoms with Gasteiger partial charge in [0.15, 0.2) is 5.82 Å². The van der Waals surface area contributed by atoms with Crippen LogP contribution in [0.1, 0.15) is 18.0 Å². The number of para-hydroxylation sites is 1. The Morgan fingerprint density at radius 2 is 1.62 bits per heavy atom. The van der Waals surface area contributed by atoms with Crippen LogP contribution in [0.4, 0.5) is 0 Å². The predicted octanol–water partition coefficient (Wildman–Crippen LogP) is 4.67. The highest BCUT2D eigenvalue weighted by atomic mass is 32.2. The number of rotatable bonds is 4. The minimum Gasteiger partial charge on any atom is -0.196 e. The molecule has 0 bridgehead atoms. The number of nitrogens with zero attached hydrogens (tertiary/aromatic N) is 4.